The molecule has 0 aromatic carbocycles. The fourth-order valence-electron chi connectivity index (χ4n) is 7.60. The Bertz CT molecular complexity index is 995. The fraction of sp³-hybridized carbons (Fsp3) is 1.00. The number of rotatable bonds is 17. The molecule has 4 rings (SSSR count). The first-order valence-electron chi connectivity index (χ1n) is 18.2. The average Bonchev–Trinajstić information content (AvgIpc) is 3.38. The molecule has 4 fully saturated rings. The third kappa shape index (κ3) is 9.68. The Morgan fingerprint density at radius 1 is 0.560 bits per heavy atom. The lowest BCUT2D eigenvalue weighted by molar-refractivity contribution is -0.304. The van der Waals surface area contributed by atoms with Crippen molar-refractivity contribution in [3.8, 4) is 0 Å². The predicted octanol–water partition coefficient (Wildman–Crippen LogP) is -4.47. The highest BCUT2D eigenvalue weighted by atomic mass is 16.8. The van der Waals surface area contributed by atoms with Gasteiger partial charge in [0.1, 0.15) is 42.7 Å². The normalized spacial score (nSPS) is 47.1. The summed E-state index contributed by atoms with van der Waals surface area (Å²) in [5.74, 6) is -0.243. The number of unbranched alkanes of at least 4 members (excludes halogenated alkanes) is 2. The minimum absolute atomic E-state index is 0.0321. The lowest BCUT2D eigenvalue weighted by Crippen LogP contribution is -2.67. The van der Waals surface area contributed by atoms with Crippen molar-refractivity contribution >= 4 is 0 Å². The van der Waals surface area contributed by atoms with Crippen molar-refractivity contribution < 1.29 is 64.2 Å². The Kier molecular flexibility index (Phi) is 16.4. The summed E-state index contributed by atoms with van der Waals surface area (Å²) in [5, 5.41) is 73.6. The van der Waals surface area contributed by atoms with Crippen molar-refractivity contribution in [1.82, 2.24) is 0 Å². The molecule has 8 unspecified atom stereocenters. The number of aliphatic hydroxyl groups is 7. The van der Waals surface area contributed by atoms with Gasteiger partial charge in [-0.1, -0.05) is 13.3 Å². The lowest BCUT2D eigenvalue weighted by Gasteiger charge is -2.48. The van der Waals surface area contributed by atoms with Crippen LogP contribution in [0.25, 0.3) is 0 Å². The van der Waals surface area contributed by atoms with E-state index in [2.05, 4.69) is 0 Å². The van der Waals surface area contributed by atoms with Gasteiger partial charge in [-0.3, -0.25) is 0 Å². The van der Waals surface area contributed by atoms with Crippen LogP contribution in [-0.2, 0) is 28.4 Å². The summed E-state index contributed by atoms with van der Waals surface area (Å²) in [5.41, 5.74) is 31.1. The first-order valence-corrected chi connectivity index (χ1v) is 18.2. The standard InChI is InChI=1S/C32H63N5O13/c1-2-7-14-17(8-3-5-10-38)45-30(20(36)22(14)40)48-27-16(35)12-15(34)23(41)29(27)50-32-26(44)28(18(46-32)9-4-6-11-39)49-31-21(37)25(43)24(42)19(13-33)47-31/h14-32,38-44H,2-13,33-37H2,1H3/t14-,15-,16?,17?,18-,19?,20+,21?,22?,23?,24-,25?,26?,27-,28+,29-,30-,31-,32+/m1/s1. The van der Waals surface area contributed by atoms with Crippen LogP contribution in [0, 0.1) is 5.92 Å². The Balaban J connectivity index is 1.53. The maximum atomic E-state index is 11.5. The Morgan fingerprint density at radius 2 is 1.10 bits per heavy atom. The van der Waals surface area contributed by atoms with E-state index in [1.807, 2.05) is 6.92 Å². The van der Waals surface area contributed by atoms with E-state index in [0.717, 1.165) is 6.42 Å². The van der Waals surface area contributed by atoms with Crippen molar-refractivity contribution in [2.45, 2.75) is 175 Å². The highest BCUT2D eigenvalue weighted by molar-refractivity contribution is 5.02. The molecule has 4 aliphatic rings. The molecule has 3 saturated heterocycles. The maximum absolute atomic E-state index is 11.5. The summed E-state index contributed by atoms with van der Waals surface area (Å²) in [6.07, 6.45) is -11.2. The molecule has 3 aliphatic heterocycles. The molecule has 3 heterocycles. The molecule has 0 aromatic rings. The molecule has 50 heavy (non-hydrogen) atoms. The van der Waals surface area contributed by atoms with E-state index in [4.69, 9.17) is 57.1 Å². The van der Waals surface area contributed by atoms with E-state index in [1.54, 1.807) is 0 Å². The summed E-state index contributed by atoms with van der Waals surface area (Å²) in [6, 6.07) is -3.73. The second kappa shape index (κ2) is 19.6. The lowest BCUT2D eigenvalue weighted by atomic mass is 9.82. The largest absolute Gasteiger partial charge is 0.396 e. The molecule has 294 valence electrons. The molecule has 0 spiro atoms. The Morgan fingerprint density at radius 3 is 1.70 bits per heavy atom. The van der Waals surface area contributed by atoms with E-state index >= 15 is 0 Å². The van der Waals surface area contributed by atoms with Crippen molar-refractivity contribution in [2.75, 3.05) is 19.8 Å². The quantitative estimate of drug-likeness (QED) is 0.0629. The van der Waals surface area contributed by atoms with Crippen LogP contribution in [0.3, 0.4) is 0 Å². The van der Waals surface area contributed by atoms with Crippen molar-refractivity contribution in [2.24, 2.45) is 34.6 Å². The second-order valence-electron chi connectivity index (χ2n) is 14.2. The number of ether oxygens (including phenoxy) is 6. The third-order valence-electron chi connectivity index (χ3n) is 10.6. The van der Waals surface area contributed by atoms with E-state index < -0.39 is 110 Å². The van der Waals surface area contributed by atoms with Crippen LogP contribution < -0.4 is 28.7 Å². The zero-order valence-corrected chi connectivity index (χ0v) is 28.9. The van der Waals surface area contributed by atoms with Crippen LogP contribution in [0.2, 0.25) is 0 Å². The van der Waals surface area contributed by atoms with E-state index in [-0.39, 0.29) is 32.1 Å². The second-order valence-corrected chi connectivity index (χ2v) is 14.2. The van der Waals surface area contributed by atoms with Gasteiger partial charge in [-0.2, -0.15) is 0 Å². The molecule has 18 nitrogen and oxygen atoms in total. The fourth-order valence-corrected chi connectivity index (χ4v) is 7.60. The third-order valence-corrected chi connectivity index (χ3v) is 10.6. The predicted molar refractivity (Wildman–Crippen MR) is 176 cm³/mol. The molecule has 18 heteroatoms. The van der Waals surface area contributed by atoms with Gasteiger partial charge in [0.05, 0.1) is 36.5 Å². The smallest absolute Gasteiger partial charge is 0.187 e. The Labute approximate surface area is 293 Å². The molecular weight excluding hydrogens is 662 g/mol. The van der Waals surface area contributed by atoms with Gasteiger partial charge < -0.3 is 92.8 Å². The zero-order chi connectivity index (χ0) is 36.7. The minimum Gasteiger partial charge on any atom is -0.396 e. The summed E-state index contributed by atoms with van der Waals surface area (Å²) < 4.78 is 37.0. The highest BCUT2D eigenvalue weighted by Gasteiger charge is 2.54. The first-order chi connectivity index (χ1) is 23.9. The number of hydrogen-bond donors (Lipinski definition) is 12. The van der Waals surface area contributed by atoms with Crippen LogP contribution in [-0.4, -0.2) is 166 Å². The van der Waals surface area contributed by atoms with Gasteiger partial charge in [0.2, 0.25) is 0 Å². The van der Waals surface area contributed by atoms with Crippen molar-refractivity contribution in [1.29, 1.82) is 0 Å². The van der Waals surface area contributed by atoms with Gasteiger partial charge in [0.25, 0.3) is 0 Å². The molecule has 1 aliphatic carbocycles. The number of nitrogens with two attached hydrogens (primary N) is 5. The van der Waals surface area contributed by atoms with Gasteiger partial charge in [0.15, 0.2) is 18.9 Å². The van der Waals surface area contributed by atoms with Crippen molar-refractivity contribution in [3.05, 3.63) is 0 Å². The number of hydrogen-bond acceptors (Lipinski definition) is 18. The average molecular weight is 726 g/mol. The molecule has 19 atom stereocenters. The highest BCUT2D eigenvalue weighted by Crippen LogP contribution is 2.37. The number of aliphatic hydroxyl groups excluding tert-OH is 7. The van der Waals surface area contributed by atoms with Gasteiger partial charge in [-0.15, -0.1) is 0 Å². The summed E-state index contributed by atoms with van der Waals surface area (Å²) in [6.45, 7) is 1.84. The molecule has 1 saturated carbocycles. The summed E-state index contributed by atoms with van der Waals surface area (Å²) in [7, 11) is 0. The van der Waals surface area contributed by atoms with E-state index in [9.17, 15) is 35.7 Å². The summed E-state index contributed by atoms with van der Waals surface area (Å²) >= 11 is 0. The summed E-state index contributed by atoms with van der Waals surface area (Å²) in [4.78, 5) is 0. The molecule has 17 N–H and O–H groups in total. The van der Waals surface area contributed by atoms with Gasteiger partial charge in [-0.05, 0) is 51.4 Å². The zero-order valence-electron chi connectivity index (χ0n) is 28.9. The molecule has 0 bridgehead atoms. The maximum Gasteiger partial charge on any atom is 0.187 e. The Hall–Kier alpha value is -0.720. The van der Waals surface area contributed by atoms with Crippen LogP contribution in [0.4, 0.5) is 0 Å². The minimum atomic E-state index is -1.48. The van der Waals surface area contributed by atoms with Gasteiger partial charge >= 0.3 is 0 Å². The van der Waals surface area contributed by atoms with Crippen LogP contribution in [0.5, 0.6) is 0 Å². The van der Waals surface area contributed by atoms with Crippen LogP contribution in [0.1, 0.15) is 64.7 Å². The molecular formula is C32H63N5O13. The van der Waals surface area contributed by atoms with Crippen LogP contribution >= 0.6 is 0 Å². The monoisotopic (exact) mass is 725 g/mol. The van der Waals surface area contributed by atoms with Crippen LogP contribution in [0.15, 0.2) is 0 Å². The van der Waals surface area contributed by atoms with E-state index in [1.165, 1.54) is 0 Å². The van der Waals surface area contributed by atoms with Crippen molar-refractivity contribution in [3.63, 3.8) is 0 Å². The van der Waals surface area contributed by atoms with Gasteiger partial charge in [-0.25, -0.2) is 0 Å². The van der Waals surface area contributed by atoms with Gasteiger partial charge in [0, 0.05) is 37.8 Å². The first kappa shape index (κ1) is 42.0. The SMILES string of the molecule is CCC[C@@H]1C(CCCCO)O[C@H](O[C@@H]2C(N)C[C@@H](N)C(O)[C@H]2O[C@@H]2O[C@H](CCCCO)[C@H](O[C@H]3OC(CN)[C@@H](O)C(O)C3N)C2O)[C@@H](N)C1O. The molecule has 0 radical (unpaired) electrons. The van der Waals surface area contributed by atoms with E-state index in [0.29, 0.717) is 44.9 Å². The molecule has 0 aromatic heterocycles. The topological polar surface area (TPSA) is 327 Å². The molecule has 0 amide bonds.